The molecule has 0 aromatic heterocycles. The number of ether oxygens (including phenoxy) is 1. The molecule has 0 saturated carbocycles. The van der Waals surface area contributed by atoms with Gasteiger partial charge in [-0.1, -0.05) is 54.1 Å². The highest BCUT2D eigenvalue weighted by Gasteiger charge is 2.37. The van der Waals surface area contributed by atoms with E-state index in [-0.39, 0.29) is 11.3 Å². The number of amidine groups is 1. The molecule has 142 valence electrons. The molecule has 7 heteroatoms. The van der Waals surface area contributed by atoms with E-state index in [1.54, 1.807) is 6.26 Å². The van der Waals surface area contributed by atoms with Crippen molar-refractivity contribution in [3.05, 3.63) is 81.9 Å². The second-order valence-electron chi connectivity index (χ2n) is 6.27. The van der Waals surface area contributed by atoms with Gasteiger partial charge in [0.25, 0.3) is 0 Å². The number of aliphatic imine (C=N–C) groups is 1. The summed E-state index contributed by atoms with van der Waals surface area (Å²) in [5.74, 6) is 0.523. The van der Waals surface area contributed by atoms with Gasteiger partial charge in [0, 0.05) is 11.4 Å². The number of carbonyl (C=O) groups is 1. The third kappa shape index (κ3) is 3.84. The molecule has 2 aliphatic heterocycles. The number of rotatable bonds is 4. The molecule has 28 heavy (non-hydrogen) atoms. The lowest BCUT2D eigenvalue weighted by Gasteiger charge is -2.23. The van der Waals surface area contributed by atoms with Gasteiger partial charge in [0.05, 0.1) is 23.3 Å². The Kier molecular flexibility index (Phi) is 5.50. The van der Waals surface area contributed by atoms with Crippen LogP contribution in [0, 0.1) is 0 Å². The highest BCUT2D eigenvalue weighted by atomic mass is 35.5. The molecule has 0 radical (unpaired) electrons. The largest absolute Gasteiger partial charge is 0.500 e. The average Bonchev–Trinajstić information content (AvgIpc) is 3.31. The van der Waals surface area contributed by atoms with E-state index >= 15 is 0 Å². The number of carbonyl (C=O) groups excluding carboxylic acids is 1. The number of nitrogens with zero attached hydrogens (tertiary/aromatic N) is 3. The van der Waals surface area contributed by atoms with Crippen LogP contribution in [0.4, 0.5) is 4.79 Å². The summed E-state index contributed by atoms with van der Waals surface area (Å²) in [6.45, 7) is 2.41. The summed E-state index contributed by atoms with van der Waals surface area (Å²) in [7, 11) is 0. The van der Waals surface area contributed by atoms with Crippen LogP contribution in [0.1, 0.15) is 30.5 Å². The zero-order valence-corrected chi connectivity index (χ0v) is 16.8. The van der Waals surface area contributed by atoms with Crippen LogP contribution < -0.4 is 0 Å². The van der Waals surface area contributed by atoms with Gasteiger partial charge in [-0.05, 0) is 41.9 Å². The molecule has 2 aromatic carbocycles. The van der Waals surface area contributed by atoms with Crippen LogP contribution in [-0.2, 0) is 4.74 Å². The normalized spacial score (nSPS) is 20.5. The summed E-state index contributed by atoms with van der Waals surface area (Å²) in [6, 6.07) is 17.7. The Morgan fingerprint density at radius 2 is 1.96 bits per heavy atom. The molecule has 0 bridgehead atoms. The Balaban J connectivity index is 1.75. The Bertz CT molecular complexity index is 971. The van der Waals surface area contributed by atoms with Crippen molar-refractivity contribution in [2.45, 2.75) is 19.4 Å². The first-order chi connectivity index (χ1) is 13.7. The first kappa shape index (κ1) is 18.8. The van der Waals surface area contributed by atoms with Crippen LogP contribution in [0.15, 0.2) is 75.9 Å². The lowest BCUT2D eigenvalue weighted by Crippen LogP contribution is -2.26. The lowest BCUT2D eigenvalue weighted by molar-refractivity contribution is 0.267. The van der Waals surface area contributed by atoms with Gasteiger partial charge < -0.3 is 4.74 Å². The quantitative estimate of drug-likeness (QED) is 0.611. The highest BCUT2D eigenvalue weighted by Crippen LogP contribution is 2.39. The molecule has 0 aliphatic carbocycles. The molecule has 0 fully saturated rings. The van der Waals surface area contributed by atoms with E-state index in [0.717, 1.165) is 28.6 Å². The van der Waals surface area contributed by atoms with Crippen molar-refractivity contribution in [3.63, 3.8) is 0 Å². The van der Waals surface area contributed by atoms with Gasteiger partial charge in [-0.15, -0.1) is 0 Å². The monoisotopic (exact) mass is 411 g/mol. The van der Waals surface area contributed by atoms with Gasteiger partial charge in [0.15, 0.2) is 5.84 Å². The van der Waals surface area contributed by atoms with Crippen molar-refractivity contribution in [2.75, 3.05) is 6.61 Å². The predicted octanol–water partition coefficient (Wildman–Crippen LogP) is 5.63. The fourth-order valence-corrected chi connectivity index (χ4v) is 3.95. The molecule has 0 N–H and O–H groups in total. The first-order valence-corrected chi connectivity index (χ1v) is 10.2. The number of hydrogen-bond donors (Lipinski definition) is 0. The lowest BCUT2D eigenvalue weighted by atomic mass is 9.98. The molecule has 1 amide bonds. The molecule has 0 saturated heterocycles. The number of thioether (sulfide) groups is 1. The first-order valence-electron chi connectivity index (χ1n) is 8.96. The molecule has 1 atom stereocenters. The molecule has 5 nitrogen and oxygen atoms in total. The summed E-state index contributed by atoms with van der Waals surface area (Å²) in [5.41, 5.74) is 3.06. The third-order valence-electron chi connectivity index (χ3n) is 4.46. The van der Waals surface area contributed by atoms with Crippen molar-refractivity contribution in [3.8, 4) is 0 Å². The number of amides is 1. The summed E-state index contributed by atoms with van der Waals surface area (Å²) in [4.78, 5) is 16.9. The van der Waals surface area contributed by atoms with E-state index in [1.807, 2.05) is 66.5 Å². The summed E-state index contributed by atoms with van der Waals surface area (Å²) >= 11 is 7.12. The van der Waals surface area contributed by atoms with Gasteiger partial charge in [-0.25, -0.2) is 5.01 Å². The number of hydrazone groups is 1. The average molecular weight is 412 g/mol. The van der Waals surface area contributed by atoms with Crippen LogP contribution in [0.2, 0.25) is 5.02 Å². The molecular weight excluding hydrogens is 394 g/mol. The summed E-state index contributed by atoms with van der Waals surface area (Å²) in [6.07, 6.45) is 2.29. The van der Waals surface area contributed by atoms with Gasteiger partial charge in [0.2, 0.25) is 0 Å². The number of benzene rings is 2. The second-order valence-corrected chi connectivity index (χ2v) is 7.70. The molecule has 0 spiro atoms. The van der Waals surface area contributed by atoms with E-state index in [0.29, 0.717) is 28.8 Å². The van der Waals surface area contributed by atoms with E-state index in [9.17, 15) is 4.79 Å². The zero-order valence-electron chi connectivity index (χ0n) is 15.2. The van der Waals surface area contributed by atoms with Crippen molar-refractivity contribution in [1.29, 1.82) is 0 Å². The Hall–Kier alpha value is -2.57. The molecule has 2 heterocycles. The van der Waals surface area contributed by atoms with Crippen LogP contribution in [0.25, 0.3) is 0 Å². The molecule has 2 aromatic rings. The van der Waals surface area contributed by atoms with Crippen molar-refractivity contribution >= 4 is 40.1 Å². The van der Waals surface area contributed by atoms with E-state index in [1.165, 1.54) is 0 Å². The minimum absolute atomic E-state index is 0.0808. The SMILES string of the molecule is CCO/C=C1\SC(=O)N=C1N1N=C(c2ccccc2)CC1c1ccc(Cl)cc1. The fraction of sp³-hybridized carbons (Fsp3) is 0.190. The third-order valence-corrected chi connectivity index (χ3v) is 5.48. The van der Waals surface area contributed by atoms with E-state index in [4.69, 9.17) is 21.4 Å². The fourth-order valence-electron chi connectivity index (χ4n) is 3.16. The minimum Gasteiger partial charge on any atom is -0.500 e. The Morgan fingerprint density at radius 1 is 1.21 bits per heavy atom. The minimum atomic E-state index is -0.265. The van der Waals surface area contributed by atoms with Crippen molar-refractivity contribution in [2.24, 2.45) is 10.1 Å². The number of halogens is 1. The maximum Gasteiger partial charge on any atom is 0.311 e. The Labute approximate surface area is 172 Å². The Morgan fingerprint density at radius 3 is 2.68 bits per heavy atom. The maximum atomic E-state index is 12.0. The van der Waals surface area contributed by atoms with Crippen LogP contribution in [0.5, 0.6) is 0 Å². The smallest absolute Gasteiger partial charge is 0.311 e. The molecule has 2 aliphatic rings. The van der Waals surface area contributed by atoms with Crippen molar-refractivity contribution < 1.29 is 9.53 Å². The van der Waals surface area contributed by atoms with Gasteiger partial charge in [-0.3, -0.25) is 4.79 Å². The highest BCUT2D eigenvalue weighted by molar-refractivity contribution is 8.18. The zero-order chi connectivity index (χ0) is 19.5. The van der Waals surface area contributed by atoms with Gasteiger partial charge in [0.1, 0.15) is 6.26 Å². The number of hydrogen-bond acceptors (Lipinski definition) is 5. The van der Waals surface area contributed by atoms with Crippen LogP contribution in [-0.4, -0.2) is 28.4 Å². The van der Waals surface area contributed by atoms with Crippen LogP contribution >= 0.6 is 23.4 Å². The van der Waals surface area contributed by atoms with Gasteiger partial charge in [-0.2, -0.15) is 10.1 Å². The van der Waals surface area contributed by atoms with Gasteiger partial charge >= 0.3 is 5.24 Å². The van der Waals surface area contributed by atoms with Crippen LogP contribution in [0.3, 0.4) is 0 Å². The molecular formula is C21H18ClN3O2S. The summed E-state index contributed by atoms with van der Waals surface area (Å²) < 4.78 is 5.42. The molecule has 4 rings (SSSR count). The van der Waals surface area contributed by atoms with E-state index in [2.05, 4.69) is 4.99 Å². The van der Waals surface area contributed by atoms with Crippen molar-refractivity contribution in [1.82, 2.24) is 5.01 Å². The second kappa shape index (κ2) is 8.20. The van der Waals surface area contributed by atoms with E-state index < -0.39 is 0 Å². The molecule has 1 unspecified atom stereocenters. The standard InChI is InChI=1S/C21H18ClN3O2S/c1-2-27-13-19-20(23-21(26)28-19)25-18(15-8-10-16(22)11-9-15)12-17(24-25)14-6-4-3-5-7-14/h3-11,13,18H,2,12H2,1H3/b19-13-. The topological polar surface area (TPSA) is 54.3 Å². The predicted molar refractivity (Wildman–Crippen MR) is 114 cm³/mol. The maximum absolute atomic E-state index is 12.0. The summed E-state index contributed by atoms with van der Waals surface area (Å²) in [5, 5.41) is 7.08.